The van der Waals surface area contributed by atoms with Crippen LogP contribution in [-0.2, 0) is 4.74 Å². The standard InChI is InChI=1S/C9H16O2/c1-6(2)9-7(3)8(4-10)5-11-9/h7-10H,1,4-5H2,2-3H3/t7-,8+,9+/m1/s1. The zero-order valence-electron chi connectivity index (χ0n) is 7.21. The highest BCUT2D eigenvalue weighted by Crippen LogP contribution is 2.29. The molecule has 11 heavy (non-hydrogen) atoms. The lowest BCUT2D eigenvalue weighted by Crippen LogP contribution is -2.19. The topological polar surface area (TPSA) is 29.5 Å². The summed E-state index contributed by atoms with van der Waals surface area (Å²) >= 11 is 0. The molecular weight excluding hydrogens is 140 g/mol. The van der Waals surface area contributed by atoms with Gasteiger partial charge in [-0.25, -0.2) is 0 Å². The highest BCUT2D eigenvalue weighted by molar-refractivity contribution is 5.03. The average Bonchev–Trinajstić information content (AvgIpc) is 2.30. The molecule has 0 amide bonds. The number of hydrogen-bond donors (Lipinski definition) is 1. The van der Waals surface area contributed by atoms with E-state index in [1.54, 1.807) is 0 Å². The Morgan fingerprint density at radius 3 is 2.64 bits per heavy atom. The zero-order valence-corrected chi connectivity index (χ0v) is 7.21. The van der Waals surface area contributed by atoms with Gasteiger partial charge in [0.25, 0.3) is 0 Å². The van der Waals surface area contributed by atoms with Crippen molar-refractivity contribution in [2.24, 2.45) is 11.8 Å². The number of aliphatic hydroxyl groups is 1. The van der Waals surface area contributed by atoms with Gasteiger partial charge in [0.05, 0.1) is 12.7 Å². The summed E-state index contributed by atoms with van der Waals surface area (Å²) in [6.07, 6.45) is 0.159. The first-order chi connectivity index (χ1) is 5.16. The molecule has 0 unspecified atom stereocenters. The first kappa shape index (κ1) is 8.75. The molecule has 0 saturated carbocycles. The summed E-state index contributed by atoms with van der Waals surface area (Å²) in [6.45, 7) is 8.83. The van der Waals surface area contributed by atoms with Crippen molar-refractivity contribution in [3.63, 3.8) is 0 Å². The molecule has 3 atom stereocenters. The number of ether oxygens (including phenoxy) is 1. The third-order valence-corrected chi connectivity index (χ3v) is 2.43. The average molecular weight is 156 g/mol. The van der Waals surface area contributed by atoms with Crippen LogP contribution < -0.4 is 0 Å². The van der Waals surface area contributed by atoms with E-state index in [4.69, 9.17) is 9.84 Å². The zero-order chi connectivity index (χ0) is 8.43. The van der Waals surface area contributed by atoms with E-state index in [0.29, 0.717) is 18.4 Å². The fourth-order valence-electron chi connectivity index (χ4n) is 1.59. The normalized spacial score (nSPS) is 37.5. The molecule has 1 saturated heterocycles. The van der Waals surface area contributed by atoms with Gasteiger partial charge in [-0.3, -0.25) is 0 Å². The van der Waals surface area contributed by atoms with Crippen molar-refractivity contribution >= 4 is 0 Å². The van der Waals surface area contributed by atoms with Gasteiger partial charge in [0.1, 0.15) is 0 Å². The van der Waals surface area contributed by atoms with Gasteiger partial charge in [-0.15, -0.1) is 0 Å². The fraction of sp³-hybridized carbons (Fsp3) is 0.778. The summed E-state index contributed by atoms with van der Waals surface area (Å²) in [6, 6.07) is 0. The minimum absolute atomic E-state index is 0.159. The van der Waals surface area contributed by atoms with E-state index < -0.39 is 0 Å². The summed E-state index contributed by atoms with van der Waals surface area (Å²) in [5.74, 6) is 0.717. The molecule has 1 N–H and O–H groups in total. The molecule has 0 aromatic rings. The summed E-state index contributed by atoms with van der Waals surface area (Å²) in [5, 5.41) is 8.93. The third-order valence-electron chi connectivity index (χ3n) is 2.43. The number of aliphatic hydroxyl groups excluding tert-OH is 1. The van der Waals surface area contributed by atoms with E-state index in [-0.39, 0.29) is 12.7 Å². The number of rotatable bonds is 2. The maximum absolute atomic E-state index is 8.93. The van der Waals surface area contributed by atoms with Crippen LogP contribution in [0.15, 0.2) is 12.2 Å². The minimum Gasteiger partial charge on any atom is -0.396 e. The van der Waals surface area contributed by atoms with Crippen LogP contribution in [-0.4, -0.2) is 24.4 Å². The molecule has 2 nitrogen and oxygen atoms in total. The predicted octanol–water partition coefficient (Wildman–Crippen LogP) is 1.21. The molecule has 2 heteroatoms. The fourth-order valence-corrected chi connectivity index (χ4v) is 1.59. The second-order valence-electron chi connectivity index (χ2n) is 3.40. The van der Waals surface area contributed by atoms with Crippen molar-refractivity contribution in [3.8, 4) is 0 Å². The molecular formula is C9H16O2. The first-order valence-electron chi connectivity index (χ1n) is 4.04. The molecule has 64 valence electrons. The molecule has 0 aromatic heterocycles. The lowest BCUT2D eigenvalue weighted by atomic mass is 9.91. The van der Waals surface area contributed by atoms with E-state index in [2.05, 4.69) is 13.5 Å². The Balaban J connectivity index is 2.55. The Hall–Kier alpha value is -0.340. The maximum Gasteiger partial charge on any atom is 0.0809 e. The Kier molecular flexibility index (Phi) is 2.68. The van der Waals surface area contributed by atoms with Crippen LogP contribution in [0, 0.1) is 11.8 Å². The Morgan fingerprint density at radius 1 is 1.73 bits per heavy atom. The van der Waals surface area contributed by atoms with Crippen LogP contribution in [0.4, 0.5) is 0 Å². The third kappa shape index (κ3) is 1.63. The molecule has 1 rings (SSSR count). The summed E-state index contributed by atoms with van der Waals surface area (Å²) in [7, 11) is 0. The van der Waals surface area contributed by atoms with Crippen LogP contribution in [0.3, 0.4) is 0 Å². The minimum atomic E-state index is 0.159. The van der Waals surface area contributed by atoms with Crippen molar-refractivity contribution in [1.29, 1.82) is 0 Å². The van der Waals surface area contributed by atoms with Gasteiger partial charge in [-0.2, -0.15) is 0 Å². The second-order valence-corrected chi connectivity index (χ2v) is 3.40. The predicted molar refractivity (Wildman–Crippen MR) is 44.3 cm³/mol. The quantitative estimate of drug-likeness (QED) is 0.609. The van der Waals surface area contributed by atoms with E-state index in [1.165, 1.54) is 0 Å². The van der Waals surface area contributed by atoms with Crippen molar-refractivity contribution in [1.82, 2.24) is 0 Å². The van der Waals surface area contributed by atoms with Crippen LogP contribution in [0.25, 0.3) is 0 Å². The maximum atomic E-state index is 8.93. The molecule has 0 aromatic carbocycles. The molecule has 1 aliphatic rings. The molecule has 1 aliphatic heterocycles. The Morgan fingerprint density at radius 2 is 2.36 bits per heavy atom. The lowest BCUT2D eigenvalue weighted by Gasteiger charge is -2.16. The van der Waals surface area contributed by atoms with Crippen LogP contribution in [0.1, 0.15) is 13.8 Å². The first-order valence-corrected chi connectivity index (χ1v) is 4.04. The van der Waals surface area contributed by atoms with Gasteiger partial charge < -0.3 is 9.84 Å². The Bertz CT molecular complexity index is 154. The lowest BCUT2D eigenvalue weighted by molar-refractivity contribution is 0.117. The van der Waals surface area contributed by atoms with Crippen LogP contribution >= 0.6 is 0 Å². The van der Waals surface area contributed by atoms with Gasteiger partial charge in [-0.1, -0.05) is 19.1 Å². The molecule has 0 bridgehead atoms. The van der Waals surface area contributed by atoms with Gasteiger partial charge in [0.15, 0.2) is 0 Å². The smallest absolute Gasteiger partial charge is 0.0809 e. The van der Waals surface area contributed by atoms with Crippen molar-refractivity contribution < 1.29 is 9.84 Å². The van der Waals surface area contributed by atoms with Crippen LogP contribution in [0.5, 0.6) is 0 Å². The summed E-state index contributed by atoms with van der Waals surface area (Å²) < 4.78 is 5.47. The monoisotopic (exact) mass is 156 g/mol. The molecule has 1 heterocycles. The highest BCUT2D eigenvalue weighted by Gasteiger charge is 2.33. The van der Waals surface area contributed by atoms with E-state index >= 15 is 0 Å². The summed E-state index contributed by atoms with van der Waals surface area (Å²) in [4.78, 5) is 0. The van der Waals surface area contributed by atoms with Gasteiger partial charge in [0, 0.05) is 12.5 Å². The van der Waals surface area contributed by atoms with Gasteiger partial charge >= 0.3 is 0 Å². The Labute approximate surface area is 67.9 Å². The molecule has 1 fully saturated rings. The van der Waals surface area contributed by atoms with Crippen LogP contribution in [0.2, 0.25) is 0 Å². The largest absolute Gasteiger partial charge is 0.396 e. The van der Waals surface area contributed by atoms with E-state index in [9.17, 15) is 0 Å². The van der Waals surface area contributed by atoms with Crippen molar-refractivity contribution in [2.75, 3.05) is 13.2 Å². The van der Waals surface area contributed by atoms with Crippen molar-refractivity contribution in [2.45, 2.75) is 20.0 Å². The molecule has 0 radical (unpaired) electrons. The van der Waals surface area contributed by atoms with Gasteiger partial charge in [0.2, 0.25) is 0 Å². The van der Waals surface area contributed by atoms with E-state index in [1.807, 2.05) is 6.92 Å². The van der Waals surface area contributed by atoms with Crippen molar-refractivity contribution in [3.05, 3.63) is 12.2 Å². The molecule has 0 spiro atoms. The van der Waals surface area contributed by atoms with E-state index in [0.717, 1.165) is 5.57 Å². The summed E-state index contributed by atoms with van der Waals surface area (Å²) in [5.41, 5.74) is 1.06. The highest BCUT2D eigenvalue weighted by atomic mass is 16.5. The second kappa shape index (κ2) is 3.37. The van der Waals surface area contributed by atoms with Gasteiger partial charge in [-0.05, 0) is 12.8 Å². The molecule has 0 aliphatic carbocycles. The SMILES string of the molecule is C=C(C)[C@@H]1OC[C@H](CO)[C@H]1C. The number of hydrogen-bond acceptors (Lipinski definition) is 2.